The number of furan rings is 1. The van der Waals surface area contributed by atoms with Crippen LogP contribution in [0.15, 0.2) is 65.1 Å². The van der Waals surface area contributed by atoms with Crippen molar-refractivity contribution in [3.63, 3.8) is 0 Å². The van der Waals surface area contributed by atoms with Gasteiger partial charge in [-0.3, -0.25) is 0 Å². The standard InChI is InChI=1S/C22H24ClNO/c1-16(11-12-18-7-4-3-5-8-18)24-15-19-13-14-22(25-19)20-9-6-10-21(23)17(20)2/h3-10,13-14,16,24H,11-12,15H2,1-2H3/t16-/m0/s1. The van der Waals surface area contributed by atoms with Gasteiger partial charge in [0.05, 0.1) is 6.54 Å². The molecule has 2 nitrogen and oxygen atoms in total. The van der Waals surface area contributed by atoms with Gasteiger partial charge in [-0.2, -0.15) is 0 Å². The molecule has 0 saturated carbocycles. The second-order valence-electron chi connectivity index (χ2n) is 6.48. The third-order valence-corrected chi connectivity index (χ3v) is 4.94. The molecule has 1 atom stereocenters. The molecule has 3 rings (SSSR count). The number of hydrogen-bond donors (Lipinski definition) is 1. The van der Waals surface area contributed by atoms with Gasteiger partial charge in [-0.15, -0.1) is 0 Å². The molecule has 0 fully saturated rings. The maximum absolute atomic E-state index is 6.20. The van der Waals surface area contributed by atoms with Crippen molar-refractivity contribution in [1.29, 1.82) is 0 Å². The normalized spacial score (nSPS) is 12.3. The van der Waals surface area contributed by atoms with E-state index in [0.29, 0.717) is 6.04 Å². The predicted molar refractivity (Wildman–Crippen MR) is 105 cm³/mol. The predicted octanol–water partition coefficient (Wildman–Crippen LogP) is 6.02. The van der Waals surface area contributed by atoms with Gasteiger partial charge < -0.3 is 9.73 Å². The summed E-state index contributed by atoms with van der Waals surface area (Å²) in [6.45, 7) is 4.97. The minimum Gasteiger partial charge on any atom is -0.460 e. The van der Waals surface area contributed by atoms with Crippen molar-refractivity contribution in [2.45, 2.75) is 39.3 Å². The lowest BCUT2D eigenvalue weighted by molar-refractivity contribution is 0.449. The van der Waals surface area contributed by atoms with Crippen LogP contribution in [0, 0.1) is 6.92 Å². The van der Waals surface area contributed by atoms with Crippen molar-refractivity contribution in [1.82, 2.24) is 5.32 Å². The number of benzene rings is 2. The molecule has 0 amide bonds. The fourth-order valence-electron chi connectivity index (χ4n) is 2.90. The quantitative estimate of drug-likeness (QED) is 0.561. The molecule has 0 aliphatic heterocycles. The monoisotopic (exact) mass is 353 g/mol. The summed E-state index contributed by atoms with van der Waals surface area (Å²) >= 11 is 6.20. The molecule has 3 heteroatoms. The van der Waals surface area contributed by atoms with Gasteiger partial charge in [0.15, 0.2) is 0 Å². The van der Waals surface area contributed by atoms with E-state index in [-0.39, 0.29) is 0 Å². The van der Waals surface area contributed by atoms with E-state index in [0.717, 1.165) is 47.1 Å². The van der Waals surface area contributed by atoms with Gasteiger partial charge in [0.25, 0.3) is 0 Å². The maximum Gasteiger partial charge on any atom is 0.134 e. The highest BCUT2D eigenvalue weighted by Gasteiger charge is 2.10. The second kappa shape index (κ2) is 8.37. The average Bonchev–Trinajstić information content (AvgIpc) is 3.10. The number of nitrogens with one attached hydrogen (secondary N) is 1. The Morgan fingerprint density at radius 2 is 1.80 bits per heavy atom. The lowest BCUT2D eigenvalue weighted by Gasteiger charge is -2.12. The molecule has 0 radical (unpaired) electrons. The topological polar surface area (TPSA) is 25.2 Å². The molecule has 25 heavy (non-hydrogen) atoms. The number of aryl methyl sites for hydroxylation is 1. The van der Waals surface area contributed by atoms with E-state index in [1.54, 1.807) is 0 Å². The van der Waals surface area contributed by atoms with Crippen LogP contribution in [0.5, 0.6) is 0 Å². The van der Waals surface area contributed by atoms with Crippen LogP contribution in [0.25, 0.3) is 11.3 Å². The fourth-order valence-corrected chi connectivity index (χ4v) is 3.07. The smallest absolute Gasteiger partial charge is 0.134 e. The average molecular weight is 354 g/mol. The minimum atomic E-state index is 0.432. The summed E-state index contributed by atoms with van der Waals surface area (Å²) in [7, 11) is 0. The van der Waals surface area contributed by atoms with Crippen LogP contribution in [0.3, 0.4) is 0 Å². The van der Waals surface area contributed by atoms with Gasteiger partial charge in [-0.05, 0) is 56.0 Å². The van der Waals surface area contributed by atoms with Crippen molar-refractivity contribution in [2.24, 2.45) is 0 Å². The molecule has 0 aliphatic rings. The Balaban J connectivity index is 1.54. The highest BCUT2D eigenvalue weighted by molar-refractivity contribution is 6.31. The Morgan fingerprint density at radius 3 is 2.60 bits per heavy atom. The van der Waals surface area contributed by atoms with Crippen LogP contribution in [-0.2, 0) is 13.0 Å². The van der Waals surface area contributed by atoms with E-state index >= 15 is 0 Å². The summed E-state index contributed by atoms with van der Waals surface area (Å²) in [6.07, 6.45) is 2.19. The fraction of sp³-hybridized carbons (Fsp3) is 0.273. The first kappa shape index (κ1) is 17.8. The Hall–Kier alpha value is -2.03. The Bertz CT molecular complexity index is 810. The third kappa shape index (κ3) is 4.75. The summed E-state index contributed by atoms with van der Waals surface area (Å²) in [5, 5.41) is 4.31. The van der Waals surface area contributed by atoms with Crippen LogP contribution in [0.4, 0.5) is 0 Å². The lowest BCUT2D eigenvalue weighted by atomic mass is 10.1. The molecule has 0 bridgehead atoms. The van der Waals surface area contributed by atoms with Crippen LogP contribution in [0.1, 0.15) is 30.2 Å². The summed E-state index contributed by atoms with van der Waals surface area (Å²) < 4.78 is 6.00. The number of rotatable bonds is 7. The third-order valence-electron chi connectivity index (χ3n) is 4.53. The molecule has 0 unspecified atom stereocenters. The Labute approximate surface area is 154 Å². The summed E-state index contributed by atoms with van der Waals surface area (Å²) in [4.78, 5) is 0. The van der Waals surface area contributed by atoms with E-state index in [9.17, 15) is 0 Å². The largest absolute Gasteiger partial charge is 0.460 e. The van der Waals surface area contributed by atoms with Gasteiger partial charge in [-0.25, -0.2) is 0 Å². The van der Waals surface area contributed by atoms with Crippen LogP contribution in [0.2, 0.25) is 5.02 Å². The summed E-state index contributed by atoms with van der Waals surface area (Å²) in [6, 6.07) is 21.0. The maximum atomic E-state index is 6.20. The second-order valence-corrected chi connectivity index (χ2v) is 6.89. The van der Waals surface area contributed by atoms with Crippen molar-refractivity contribution >= 4 is 11.6 Å². The molecular formula is C22H24ClNO. The minimum absolute atomic E-state index is 0.432. The molecule has 2 aromatic carbocycles. The summed E-state index contributed by atoms with van der Waals surface area (Å²) in [5.74, 6) is 1.81. The SMILES string of the molecule is Cc1c(Cl)cccc1-c1ccc(CN[C@@H](C)CCc2ccccc2)o1. The van der Waals surface area contributed by atoms with Gasteiger partial charge in [-0.1, -0.05) is 54.1 Å². The zero-order chi connectivity index (χ0) is 17.6. The number of hydrogen-bond acceptors (Lipinski definition) is 2. The van der Waals surface area contributed by atoms with Gasteiger partial charge in [0.2, 0.25) is 0 Å². The Kier molecular flexibility index (Phi) is 5.95. The van der Waals surface area contributed by atoms with Crippen molar-refractivity contribution in [3.8, 4) is 11.3 Å². The van der Waals surface area contributed by atoms with Crippen molar-refractivity contribution in [3.05, 3.63) is 82.6 Å². The zero-order valence-corrected chi connectivity index (χ0v) is 15.5. The van der Waals surface area contributed by atoms with Gasteiger partial charge >= 0.3 is 0 Å². The first-order valence-corrected chi connectivity index (χ1v) is 9.13. The van der Waals surface area contributed by atoms with Gasteiger partial charge in [0, 0.05) is 16.6 Å². The molecule has 1 N–H and O–H groups in total. The van der Waals surface area contributed by atoms with E-state index < -0.39 is 0 Å². The summed E-state index contributed by atoms with van der Waals surface area (Å²) in [5.41, 5.74) is 3.48. The van der Waals surface area contributed by atoms with Crippen molar-refractivity contribution in [2.75, 3.05) is 0 Å². The van der Waals surface area contributed by atoms with Crippen LogP contribution in [-0.4, -0.2) is 6.04 Å². The first-order chi connectivity index (χ1) is 12.1. The van der Waals surface area contributed by atoms with Crippen LogP contribution < -0.4 is 5.32 Å². The highest BCUT2D eigenvalue weighted by Crippen LogP contribution is 2.29. The first-order valence-electron chi connectivity index (χ1n) is 8.75. The molecule has 3 aromatic rings. The van der Waals surface area contributed by atoms with E-state index in [2.05, 4.69) is 42.6 Å². The molecule has 130 valence electrons. The molecule has 0 aliphatic carbocycles. The van der Waals surface area contributed by atoms with Crippen LogP contribution >= 0.6 is 11.6 Å². The van der Waals surface area contributed by atoms with Gasteiger partial charge in [0.1, 0.15) is 11.5 Å². The van der Waals surface area contributed by atoms with Crippen molar-refractivity contribution < 1.29 is 4.42 Å². The van der Waals surface area contributed by atoms with E-state index in [1.807, 2.05) is 37.3 Å². The zero-order valence-electron chi connectivity index (χ0n) is 14.8. The number of halogens is 1. The molecular weight excluding hydrogens is 330 g/mol. The Morgan fingerprint density at radius 1 is 1.00 bits per heavy atom. The molecule has 0 spiro atoms. The molecule has 0 saturated heterocycles. The van der Waals surface area contributed by atoms with E-state index in [4.69, 9.17) is 16.0 Å². The lowest BCUT2D eigenvalue weighted by Crippen LogP contribution is -2.25. The van der Waals surface area contributed by atoms with E-state index in [1.165, 1.54) is 5.56 Å². The highest BCUT2D eigenvalue weighted by atomic mass is 35.5. The molecule has 1 heterocycles. The molecule has 1 aromatic heterocycles.